The van der Waals surface area contributed by atoms with Crippen molar-refractivity contribution < 1.29 is 28.7 Å². The van der Waals surface area contributed by atoms with Gasteiger partial charge in [-0.3, -0.25) is 19.2 Å². The van der Waals surface area contributed by atoms with Crippen molar-refractivity contribution in [3.63, 3.8) is 0 Å². The summed E-state index contributed by atoms with van der Waals surface area (Å²) in [6, 6.07) is 28.9. The first-order valence-electron chi connectivity index (χ1n) is 15.0. The average molecular weight is 632 g/mol. The zero-order chi connectivity index (χ0) is 33.3. The van der Waals surface area contributed by atoms with Crippen molar-refractivity contribution in [2.45, 2.75) is 20.0 Å². The highest BCUT2D eigenvalue weighted by Gasteiger charge is 2.34. The number of benzodiazepines with no additional fused rings is 1. The van der Waals surface area contributed by atoms with Crippen LogP contribution in [-0.2, 0) is 14.3 Å². The summed E-state index contributed by atoms with van der Waals surface area (Å²) < 4.78 is 4.83. The molecule has 3 N–H and O–H groups in total. The highest BCUT2D eigenvalue weighted by molar-refractivity contribution is 6.21. The van der Waals surface area contributed by atoms with Gasteiger partial charge in [-0.2, -0.15) is 0 Å². The maximum absolute atomic E-state index is 14.2. The molecule has 47 heavy (non-hydrogen) atoms. The Morgan fingerprint density at radius 2 is 1.60 bits per heavy atom. The van der Waals surface area contributed by atoms with Gasteiger partial charge < -0.3 is 25.6 Å². The van der Waals surface area contributed by atoms with E-state index in [1.165, 1.54) is 17.0 Å². The van der Waals surface area contributed by atoms with Gasteiger partial charge in [0.2, 0.25) is 6.17 Å². The number of ketones is 1. The Labute approximate surface area is 271 Å². The zero-order valence-electron chi connectivity index (χ0n) is 25.9. The van der Waals surface area contributed by atoms with Crippen molar-refractivity contribution in [3.8, 4) is 0 Å². The van der Waals surface area contributed by atoms with Crippen LogP contribution in [-0.4, -0.2) is 61.2 Å². The number of urea groups is 1. The molecule has 0 saturated heterocycles. The number of hydrogen-bond acceptors (Lipinski definition) is 7. The van der Waals surface area contributed by atoms with E-state index in [0.29, 0.717) is 28.1 Å². The topological polar surface area (TPSA) is 146 Å². The second-order valence-corrected chi connectivity index (χ2v) is 10.6. The van der Waals surface area contributed by atoms with Crippen LogP contribution >= 0.6 is 0 Å². The van der Waals surface area contributed by atoms with Crippen molar-refractivity contribution >= 4 is 46.7 Å². The van der Waals surface area contributed by atoms with E-state index in [0.717, 1.165) is 5.56 Å². The molecule has 0 radical (unpaired) electrons. The van der Waals surface area contributed by atoms with E-state index in [9.17, 15) is 24.0 Å². The van der Waals surface area contributed by atoms with Crippen molar-refractivity contribution in [2.24, 2.45) is 4.99 Å². The van der Waals surface area contributed by atoms with Gasteiger partial charge in [0.25, 0.3) is 11.8 Å². The maximum Gasteiger partial charge on any atom is 0.325 e. The van der Waals surface area contributed by atoms with Gasteiger partial charge in [-0.15, -0.1) is 0 Å². The van der Waals surface area contributed by atoms with E-state index >= 15 is 0 Å². The van der Waals surface area contributed by atoms with Crippen LogP contribution in [0.2, 0.25) is 0 Å². The number of nitrogens with one attached hydrogen (secondary N) is 3. The zero-order valence-corrected chi connectivity index (χ0v) is 25.9. The highest BCUT2D eigenvalue weighted by Crippen LogP contribution is 2.29. The van der Waals surface area contributed by atoms with Crippen molar-refractivity contribution in [1.82, 2.24) is 10.6 Å². The highest BCUT2D eigenvalue weighted by atomic mass is 16.5. The lowest BCUT2D eigenvalue weighted by molar-refractivity contribution is -0.141. The second kappa shape index (κ2) is 14.8. The predicted molar refractivity (Wildman–Crippen MR) is 178 cm³/mol. The number of benzene rings is 4. The Balaban J connectivity index is 1.42. The fourth-order valence-electron chi connectivity index (χ4n) is 5.12. The summed E-state index contributed by atoms with van der Waals surface area (Å²) in [4.78, 5) is 71.3. The van der Waals surface area contributed by atoms with E-state index < -0.39 is 30.0 Å². The van der Waals surface area contributed by atoms with E-state index in [4.69, 9.17) is 9.73 Å². The summed E-state index contributed by atoms with van der Waals surface area (Å²) in [7, 11) is 0. The molecule has 1 atom stereocenters. The van der Waals surface area contributed by atoms with E-state index in [1.54, 1.807) is 43.3 Å². The first-order chi connectivity index (χ1) is 22.7. The lowest BCUT2D eigenvalue weighted by atomic mass is 9.99. The number of nitrogens with zero attached hydrogens (tertiary/aromatic N) is 2. The van der Waals surface area contributed by atoms with Crippen LogP contribution in [0.15, 0.2) is 108 Å². The molecule has 0 fully saturated rings. The summed E-state index contributed by atoms with van der Waals surface area (Å²) in [6.07, 6.45) is -1.40. The Morgan fingerprint density at radius 3 is 2.36 bits per heavy atom. The number of para-hydroxylation sites is 1. The Hall–Kier alpha value is -6.10. The summed E-state index contributed by atoms with van der Waals surface area (Å²) in [6.45, 7) is 3.10. The summed E-state index contributed by atoms with van der Waals surface area (Å²) in [5.41, 5.74) is 4.00. The summed E-state index contributed by atoms with van der Waals surface area (Å²) in [5, 5.41) is 7.76. The molecule has 0 saturated carbocycles. The number of amides is 4. The summed E-state index contributed by atoms with van der Waals surface area (Å²) >= 11 is 0. The lowest BCUT2D eigenvalue weighted by Crippen LogP contribution is -2.50. The molecule has 4 amide bonds. The van der Waals surface area contributed by atoms with Crippen LogP contribution in [0.4, 0.5) is 16.2 Å². The van der Waals surface area contributed by atoms with Crippen LogP contribution in [0.1, 0.15) is 44.3 Å². The van der Waals surface area contributed by atoms with Gasteiger partial charge >= 0.3 is 12.0 Å². The third-order valence-corrected chi connectivity index (χ3v) is 7.35. The van der Waals surface area contributed by atoms with Gasteiger partial charge in [-0.25, -0.2) is 9.79 Å². The molecule has 4 aromatic rings. The molecule has 0 aromatic heterocycles. The molecule has 1 unspecified atom stereocenters. The number of rotatable bonds is 10. The Bertz CT molecular complexity index is 1860. The first-order valence-corrected chi connectivity index (χ1v) is 15.0. The van der Waals surface area contributed by atoms with Crippen LogP contribution < -0.4 is 20.9 Å². The van der Waals surface area contributed by atoms with Crippen LogP contribution in [0.5, 0.6) is 0 Å². The molecule has 238 valence electrons. The van der Waals surface area contributed by atoms with Gasteiger partial charge in [0.15, 0.2) is 5.78 Å². The minimum absolute atomic E-state index is 0.191. The quantitative estimate of drug-likeness (QED) is 0.174. The number of esters is 1. The second-order valence-electron chi connectivity index (χ2n) is 10.6. The Kier molecular flexibility index (Phi) is 10.2. The molecule has 5 rings (SSSR count). The third kappa shape index (κ3) is 7.77. The summed E-state index contributed by atoms with van der Waals surface area (Å²) in [5.74, 6) is -1.98. The van der Waals surface area contributed by atoms with Crippen LogP contribution in [0.3, 0.4) is 0 Å². The molecule has 0 aliphatic carbocycles. The van der Waals surface area contributed by atoms with E-state index in [-0.39, 0.29) is 36.7 Å². The number of aryl methyl sites for hydroxylation is 1. The van der Waals surface area contributed by atoms with Gasteiger partial charge in [-0.1, -0.05) is 78.9 Å². The molecule has 1 aliphatic rings. The molecule has 0 bridgehead atoms. The third-order valence-electron chi connectivity index (χ3n) is 7.35. The van der Waals surface area contributed by atoms with Crippen molar-refractivity contribution in [3.05, 3.63) is 131 Å². The minimum Gasteiger partial charge on any atom is -0.465 e. The van der Waals surface area contributed by atoms with Crippen molar-refractivity contribution in [1.29, 1.82) is 0 Å². The molecule has 1 aliphatic heterocycles. The van der Waals surface area contributed by atoms with Crippen LogP contribution in [0, 0.1) is 6.92 Å². The predicted octanol–water partition coefficient (Wildman–Crippen LogP) is 4.50. The fourth-order valence-corrected chi connectivity index (χ4v) is 5.12. The monoisotopic (exact) mass is 631 g/mol. The molecule has 11 heteroatoms. The van der Waals surface area contributed by atoms with Crippen molar-refractivity contribution in [2.75, 3.05) is 29.9 Å². The normalized spacial score (nSPS) is 13.8. The number of Topliss-reactive ketones (excluding diaryl/α,β-unsaturated/α-hetero) is 1. The van der Waals surface area contributed by atoms with E-state index in [1.807, 2.05) is 61.5 Å². The SMILES string of the molecule is CCOC(=O)CNC(=O)c1cccc(NC(=O)NC2N=C(c3ccccc3)c3ccccc3N(CC(=O)c3ccccc3C)C2=O)c1. The number of ether oxygens (including phenoxy) is 1. The molecular weight excluding hydrogens is 598 g/mol. The number of fused-ring (bicyclic) bond motifs is 1. The lowest BCUT2D eigenvalue weighted by Gasteiger charge is -2.25. The number of aliphatic imine (C=N–C) groups is 1. The average Bonchev–Trinajstić information content (AvgIpc) is 3.18. The number of carbonyl (C=O) groups is 5. The number of hydrogen-bond donors (Lipinski definition) is 3. The van der Waals surface area contributed by atoms with Gasteiger partial charge in [0.1, 0.15) is 6.54 Å². The van der Waals surface area contributed by atoms with Gasteiger partial charge in [-0.05, 0) is 43.7 Å². The molecule has 11 nitrogen and oxygen atoms in total. The fraction of sp³-hybridized carbons (Fsp3) is 0.167. The molecule has 1 heterocycles. The smallest absolute Gasteiger partial charge is 0.325 e. The maximum atomic E-state index is 14.2. The first kappa shape index (κ1) is 32.3. The minimum atomic E-state index is -1.40. The Morgan fingerprint density at radius 1 is 0.872 bits per heavy atom. The van der Waals surface area contributed by atoms with E-state index in [2.05, 4.69) is 16.0 Å². The van der Waals surface area contributed by atoms with Gasteiger partial charge in [0, 0.05) is 27.9 Å². The van der Waals surface area contributed by atoms with Crippen LogP contribution in [0.25, 0.3) is 0 Å². The number of anilines is 2. The number of carbonyl (C=O) groups excluding carboxylic acids is 5. The van der Waals surface area contributed by atoms with Gasteiger partial charge in [0.05, 0.1) is 24.6 Å². The standard InChI is InChI=1S/C36H33N5O6/c1-3-47-31(43)21-37-34(44)25-15-11-16-26(20-25)38-36(46)40-33-35(45)41(22-30(42)27-17-8-7-12-23(27)2)29-19-10-9-18-28(29)32(39-33)24-13-5-4-6-14-24/h4-20,33H,3,21-22H2,1-2H3,(H,37,44)(H2,38,40,46). The molecular formula is C36H33N5O6. The largest absolute Gasteiger partial charge is 0.465 e. The molecule has 4 aromatic carbocycles. The molecule has 0 spiro atoms.